The Morgan fingerprint density at radius 1 is 1.35 bits per heavy atom. The van der Waals surface area contributed by atoms with Crippen molar-refractivity contribution in [1.82, 2.24) is 4.98 Å². The van der Waals surface area contributed by atoms with E-state index in [-0.39, 0.29) is 11.9 Å². The molecule has 2 heterocycles. The van der Waals surface area contributed by atoms with E-state index in [1.54, 1.807) is 18.3 Å². The van der Waals surface area contributed by atoms with Crippen LogP contribution in [0.25, 0.3) is 0 Å². The van der Waals surface area contributed by atoms with Crippen LogP contribution in [0, 0.1) is 5.82 Å². The largest absolute Gasteiger partial charge is 0.487 e. The first-order valence-electron chi connectivity index (χ1n) is 8.54. The molecule has 0 saturated carbocycles. The second kappa shape index (κ2) is 7.53. The predicted molar refractivity (Wildman–Crippen MR) is 106 cm³/mol. The van der Waals surface area contributed by atoms with E-state index in [1.807, 2.05) is 32.9 Å². The number of nitrogens with one attached hydrogen (secondary N) is 1. The highest BCUT2D eigenvalue weighted by atomic mass is 32.2. The highest BCUT2D eigenvalue weighted by Gasteiger charge is 2.32. The quantitative estimate of drug-likeness (QED) is 0.811. The molecule has 0 saturated heterocycles. The Hall–Kier alpha value is -2.28. The summed E-state index contributed by atoms with van der Waals surface area (Å²) in [5.74, 6) is 1.76. The number of pyridine rings is 1. The Bertz CT molecular complexity index is 827. The fourth-order valence-corrected chi connectivity index (χ4v) is 3.84. The standard InChI is InChI=1S/C19H23FN4OS/c1-12(2)25-16-5-4-9-22-17(16)23-13-6-7-15(20)14(11-13)19(3)8-10-26-18(21)24-19/h4-7,9,11-12H,8,10H2,1-3H3,(H2,21,24)(H,22,23)/t19-/m0/s1. The third kappa shape index (κ3) is 4.09. The van der Waals surface area contributed by atoms with Gasteiger partial charge in [-0.25, -0.2) is 9.37 Å². The lowest BCUT2D eigenvalue weighted by atomic mass is 9.89. The number of ether oxygens (including phenoxy) is 1. The molecular weight excluding hydrogens is 351 g/mol. The molecule has 3 N–H and O–H groups in total. The van der Waals surface area contributed by atoms with Gasteiger partial charge in [0.25, 0.3) is 0 Å². The van der Waals surface area contributed by atoms with Crippen molar-refractivity contribution in [1.29, 1.82) is 0 Å². The maximum absolute atomic E-state index is 14.5. The summed E-state index contributed by atoms with van der Waals surface area (Å²) in [7, 11) is 0. The van der Waals surface area contributed by atoms with Gasteiger partial charge in [0.1, 0.15) is 5.82 Å². The number of benzene rings is 1. The van der Waals surface area contributed by atoms with Crippen LogP contribution in [0.1, 0.15) is 32.8 Å². The smallest absolute Gasteiger partial charge is 0.173 e. The molecule has 138 valence electrons. The fourth-order valence-electron chi connectivity index (χ4n) is 2.87. The van der Waals surface area contributed by atoms with Crippen molar-refractivity contribution in [2.24, 2.45) is 10.7 Å². The molecule has 5 nitrogen and oxygen atoms in total. The van der Waals surface area contributed by atoms with Crippen molar-refractivity contribution in [3.8, 4) is 5.75 Å². The Kier molecular flexibility index (Phi) is 5.36. The normalized spacial score (nSPS) is 20.0. The molecule has 1 aromatic carbocycles. The van der Waals surface area contributed by atoms with Crippen molar-refractivity contribution in [2.45, 2.75) is 38.8 Å². The lowest BCUT2D eigenvalue weighted by Gasteiger charge is -2.30. The monoisotopic (exact) mass is 374 g/mol. The Morgan fingerprint density at radius 2 is 2.15 bits per heavy atom. The Labute approximate surface area is 157 Å². The minimum absolute atomic E-state index is 0.0273. The van der Waals surface area contributed by atoms with Crippen LogP contribution in [0.15, 0.2) is 41.5 Å². The summed E-state index contributed by atoms with van der Waals surface area (Å²) < 4.78 is 20.3. The van der Waals surface area contributed by atoms with Crippen LogP contribution >= 0.6 is 11.8 Å². The Balaban J connectivity index is 1.93. The van der Waals surface area contributed by atoms with Gasteiger partial charge in [0, 0.05) is 23.2 Å². The summed E-state index contributed by atoms with van der Waals surface area (Å²) in [6, 6.07) is 8.57. The summed E-state index contributed by atoms with van der Waals surface area (Å²) in [5, 5.41) is 3.72. The summed E-state index contributed by atoms with van der Waals surface area (Å²) in [6.45, 7) is 5.82. The van der Waals surface area contributed by atoms with Gasteiger partial charge in [0.15, 0.2) is 16.7 Å². The van der Waals surface area contributed by atoms with Gasteiger partial charge in [-0.3, -0.25) is 4.99 Å². The van der Waals surface area contributed by atoms with Crippen LogP contribution in [0.2, 0.25) is 0 Å². The molecule has 0 spiro atoms. The summed E-state index contributed by atoms with van der Waals surface area (Å²) in [4.78, 5) is 8.84. The van der Waals surface area contributed by atoms with Crippen LogP contribution in [0.5, 0.6) is 5.75 Å². The number of anilines is 2. The van der Waals surface area contributed by atoms with Gasteiger partial charge in [-0.05, 0) is 57.5 Å². The minimum atomic E-state index is -0.668. The number of thioether (sulfide) groups is 1. The maximum atomic E-state index is 14.5. The molecule has 0 bridgehead atoms. The Morgan fingerprint density at radius 3 is 2.88 bits per heavy atom. The second-order valence-electron chi connectivity index (χ2n) is 6.66. The van der Waals surface area contributed by atoms with Gasteiger partial charge in [0.2, 0.25) is 0 Å². The number of aromatic nitrogens is 1. The van der Waals surface area contributed by atoms with Crippen molar-refractivity contribution in [3.63, 3.8) is 0 Å². The molecule has 2 aromatic rings. The van der Waals surface area contributed by atoms with Crippen molar-refractivity contribution in [3.05, 3.63) is 47.9 Å². The van der Waals surface area contributed by atoms with Crippen molar-refractivity contribution < 1.29 is 9.13 Å². The molecular formula is C19H23FN4OS. The van der Waals surface area contributed by atoms with Crippen LogP contribution < -0.4 is 15.8 Å². The lowest BCUT2D eigenvalue weighted by molar-refractivity contribution is 0.243. The molecule has 0 unspecified atom stereocenters. The first-order valence-corrected chi connectivity index (χ1v) is 9.53. The zero-order chi connectivity index (χ0) is 18.7. The van der Waals surface area contributed by atoms with Crippen molar-refractivity contribution >= 4 is 28.4 Å². The van der Waals surface area contributed by atoms with E-state index >= 15 is 0 Å². The van der Waals surface area contributed by atoms with Gasteiger partial charge in [-0.15, -0.1) is 0 Å². The summed E-state index contributed by atoms with van der Waals surface area (Å²) in [5.41, 5.74) is 6.45. The third-order valence-corrected chi connectivity index (χ3v) is 4.93. The molecule has 1 aliphatic heterocycles. The first-order chi connectivity index (χ1) is 12.4. The SMILES string of the molecule is CC(C)Oc1cccnc1Nc1ccc(F)c([C@]2(C)CCSC(N)=N2)c1. The molecule has 0 radical (unpaired) electrons. The average Bonchev–Trinajstić information content (AvgIpc) is 2.57. The van der Waals surface area contributed by atoms with Crippen LogP contribution in [0.3, 0.4) is 0 Å². The first kappa shape index (κ1) is 18.5. The number of aliphatic imine (C=N–C) groups is 1. The summed E-state index contributed by atoms with van der Waals surface area (Å²) in [6.07, 6.45) is 2.44. The van der Waals surface area contributed by atoms with Gasteiger partial charge in [0.05, 0.1) is 11.6 Å². The third-order valence-electron chi connectivity index (χ3n) is 4.14. The van der Waals surface area contributed by atoms with Crippen LogP contribution in [0.4, 0.5) is 15.9 Å². The number of nitrogens with two attached hydrogens (primary N) is 1. The number of hydrogen-bond acceptors (Lipinski definition) is 6. The maximum Gasteiger partial charge on any atom is 0.173 e. The lowest BCUT2D eigenvalue weighted by Crippen LogP contribution is -2.29. The average molecular weight is 374 g/mol. The molecule has 1 atom stereocenters. The van der Waals surface area contributed by atoms with Gasteiger partial charge in [-0.2, -0.15) is 0 Å². The molecule has 3 rings (SSSR count). The van der Waals surface area contributed by atoms with Crippen LogP contribution in [-0.2, 0) is 5.54 Å². The van der Waals surface area contributed by atoms with E-state index in [9.17, 15) is 4.39 Å². The number of hydrogen-bond donors (Lipinski definition) is 2. The highest BCUT2D eigenvalue weighted by Crippen LogP contribution is 2.38. The van der Waals surface area contributed by atoms with Gasteiger partial charge < -0.3 is 15.8 Å². The molecule has 0 aliphatic carbocycles. The molecule has 0 amide bonds. The van der Waals surface area contributed by atoms with Crippen LogP contribution in [-0.4, -0.2) is 22.0 Å². The minimum Gasteiger partial charge on any atom is -0.487 e. The van der Waals surface area contributed by atoms with E-state index in [4.69, 9.17) is 10.5 Å². The van der Waals surface area contributed by atoms with E-state index in [2.05, 4.69) is 15.3 Å². The molecule has 1 aliphatic rings. The molecule has 1 aromatic heterocycles. The number of halogens is 1. The van der Waals surface area contributed by atoms with E-state index in [0.717, 1.165) is 17.9 Å². The predicted octanol–water partition coefficient (Wildman–Crippen LogP) is 4.42. The van der Waals surface area contributed by atoms with Gasteiger partial charge >= 0.3 is 0 Å². The second-order valence-corrected chi connectivity index (χ2v) is 7.77. The number of rotatable bonds is 5. The topological polar surface area (TPSA) is 72.5 Å². The fraction of sp³-hybridized carbons (Fsp3) is 0.368. The molecule has 0 fully saturated rings. The zero-order valence-corrected chi connectivity index (χ0v) is 15.9. The number of amidine groups is 1. The zero-order valence-electron chi connectivity index (χ0n) is 15.1. The number of nitrogens with zero attached hydrogens (tertiary/aromatic N) is 2. The molecule has 26 heavy (non-hydrogen) atoms. The van der Waals surface area contributed by atoms with Crippen molar-refractivity contribution in [2.75, 3.05) is 11.1 Å². The van der Waals surface area contributed by atoms with Gasteiger partial charge in [-0.1, -0.05) is 11.8 Å². The van der Waals surface area contributed by atoms with E-state index in [0.29, 0.717) is 22.3 Å². The highest BCUT2D eigenvalue weighted by molar-refractivity contribution is 8.13. The summed E-state index contributed by atoms with van der Waals surface area (Å²) >= 11 is 1.50. The molecule has 7 heteroatoms. The van der Waals surface area contributed by atoms with E-state index in [1.165, 1.54) is 17.8 Å². The van der Waals surface area contributed by atoms with E-state index < -0.39 is 5.54 Å².